The Hall–Kier alpha value is -0.340. The van der Waals surface area contributed by atoms with Crippen LogP contribution in [0.15, 0.2) is 12.2 Å². The molecule has 1 saturated heterocycles. The SMILES string of the molecule is C=C(CCC1(C)CO1)C1CC(C)(NC)C1CCC. The van der Waals surface area contributed by atoms with Gasteiger partial charge in [-0.05, 0) is 58.4 Å². The van der Waals surface area contributed by atoms with E-state index in [1.807, 2.05) is 0 Å². The molecule has 0 radical (unpaired) electrons. The standard InChI is InChI=1S/C16H29NO/c1-6-7-14-13(10-16(14,4)17-5)12(2)8-9-15(3)11-18-15/h13-14,17H,2,6-11H2,1,3-5H3. The Balaban J connectivity index is 1.86. The average molecular weight is 251 g/mol. The minimum absolute atomic E-state index is 0.180. The summed E-state index contributed by atoms with van der Waals surface area (Å²) in [5.74, 6) is 1.50. The molecule has 1 saturated carbocycles. The van der Waals surface area contributed by atoms with Gasteiger partial charge in [0.1, 0.15) is 0 Å². The fraction of sp³-hybridized carbons (Fsp3) is 0.875. The second-order valence-electron chi connectivity index (χ2n) is 6.77. The number of rotatable bonds is 7. The third kappa shape index (κ3) is 2.65. The minimum atomic E-state index is 0.180. The Morgan fingerprint density at radius 1 is 1.44 bits per heavy atom. The highest BCUT2D eigenvalue weighted by atomic mass is 16.6. The Morgan fingerprint density at radius 2 is 2.11 bits per heavy atom. The number of hydrogen-bond donors (Lipinski definition) is 1. The van der Waals surface area contributed by atoms with Crippen molar-refractivity contribution in [3.05, 3.63) is 12.2 Å². The van der Waals surface area contributed by atoms with E-state index in [4.69, 9.17) is 4.74 Å². The lowest BCUT2D eigenvalue weighted by Gasteiger charge is -2.54. The minimum Gasteiger partial charge on any atom is -0.370 e. The molecule has 0 bridgehead atoms. The van der Waals surface area contributed by atoms with Crippen LogP contribution in [0.25, 0.3) is 0 Å². The van der Waals surface area contributed by atoms with E-state index >= 15 is 0 Å². The molecule has 2 fully saturated rings. The van der Waals surface area contributed by atoms with Gasteiger partial charge in [-0.1, -0.05) is 25.5 Å². The lowest BCUT2D eigenvalue weighted by Crippen LogP contribution is -2.60. The predicted octanol–water partition coefficient (Wildman–Crippen LogP) is 3.53. The van der Waals surface area contributed by atoms with E-state index in [9.17, 15) is 0 Å². The van der Waals surface area contributed by atoms with Crippen LogP contribution in [0.5, 0.6) is 0 Å². The van der Waals surface area contributed by atoms with E-state index in [-0.39, 0.29) is 5.60 Å². The lowest BCUT2D eigenvalue weighted by atomic mass is 9.56. The molecule has 0 amide bonds. The Bertz CT molecular complexity index is 321. The summed E-state index contributed by atoms with van der Waals surface area (Å²) in [6, 6.07) is 0. The topological polar surface area (TPSA) is 24.6 Å². The first-order chi connectivity index (χ1) is 8.44. The first-order valence-corrected chi connectivity index (χ1v) is 7.44. The van der Waals surface area contributed by atoms with Crippen LogP contribution in [0.3, 0.4) is 0 Å². The molecule has 1 heterocycles. The van der Waals surface area contributed by atoms with Gasteiger partial charge in [-0.15, -0.1) is 0 Å². The fourth-order valence-corrected chi connectivity index (χ4v) is 3.46. The van der Waals surface area contributed by atoms with Crippen LogP contribution in [0.4, 0.5) is 0 Å². The van der Waals surface area contributed by atoms with Gasteiger partial charge in [-0.3, -0.25) is 0 Å². The van der Waals surface area contributed by atoms with Crippen molar-refractivity contribution in [3.63, 3.8) is 0 Å². The number of hydrogen-bond acceptors (Lipinski definition) is 2. The van der Waals surface area contributed by atoms with Gasteiger partial charge >= 0.3 is 0 Å². The molecule has 104 valence electrons. The molecule has 4 atom stereocenters. The van der Waals surface area contributed by atoms with Gasteiger partial charge in [0.15, 0.2) is 0 Å². The van der Waals surface area contributed by atoms with Gasteiger partial charge in [-0.25, -0.2) is 0 Å². The number of nitrogens with one attached hydrogen (secondary N) is 1. The van der Waals surface area contributed by atoms with Gasteiger partial charge in [-0.2, -0.15) is 0 Å². The maximum absolute atomic E-state index is 5.46. The van der Waals surface area contributed by atoms with Crippen molar-refractivity contribution >= 4 is 0 Å². The van der Waals surface area contributed by atoms with Crippen LogP contribution < -0.4 is 5.32 Å². The average Bonchev–Trinajstić information content (AvgIpc) is 3.08. The van der Waals surface area contributed by atoms with Crippen LogP contribution in [-0.4, -0.2) is 24.8 Å². The molecule has 4 unspecified atom stereocenters. The van der Waals surface area contributed by atoms with Gasteiger partial charge < -0.3 is 10.1 Å². The monoisotopic (exact) mass is 251 g/mol. The summed E-state index contributed by atoms with van der Waals surface area (Å²) in [6.45, 7) is 12.2. The van der Waals surface area contributed by atoms with E-state index in [2.05, 4.69) is 39.7 Å². The van der Waals surface area contributed by atoms with Crippen molar-refractivity contribution in [2.45, 2.75) is 64.0 Å². The quantitative estimate of drug-likeness (QED) is 0.553. The zero-order valence-corrected chi connectivity index (χ0v) is 12.5. The molecule has 1 aliphatic carbocycles. The largest absolute Gasteiger partial charge is 0.370 e. The van der Waals surface area contributed by atoms with Crippen molar-refractivity contribution in [2.75, 3.05) is 13.7 Å². The number of epoxide rings is 1. The van der Waals surface area contributed by atoms with Crippen LogP contribution >= 0.6 is 0 Å². The Labute approximate surface area is 112 Å². The predicted molar refractivity (Wildman–Crippen MR) is 76.7 cm³/mol. The first kappa shape index (κ1) is 14.1. The molecule has 0 spiro atoms. The third-order valence-corrected chi connectivity index (χ3v) is 5.26. The smallest absolute Gasteiger partial charge is 0.0891 e. The third-order valence-electron chi connectivity index (χ3n) is 5.26. The summed E-state index contributed by atoms with van der Waals surface area (Å²) >= 11 is 0. The Morgan fingerprint density at radius 3 is 2.61 bits per heavy atom. The summed E-state index contributed by atoms with van der Waals surface area (Å²) in [7, 11) is 2.10. The summed E-state index contributed by atoms with van der Waals surface area (Å²) in [4.78, 5) is 0. The van der Waals surface area contributed by atoms with Crippen molar-refractivity contribution in [3.8, 4) is 0 Å². The van der Waals surface area contributed by atoms with E-state index in [1.54, 1.807) is 0 Å². The molecule has 0 aromatic carbocycles. The molecule has 2 rings (SSSR count). The molecule has 1 N–H and O–H groups in total. The van der Waals surface area contributed by atoms with Crippen LogP contribution in [0.2, 0.25) is 0 Å². The second-order valence-corrected chi connectivity index (χ2v) is 6.77. The molecule has 0 aromatic rings. The van der Waals surface area contributed by atoms with E-state index in [0.717, 1.165) is 31.3 Å². The molecule has 2 heteroatoms. The van der Waals surface area contributed by atoms with Crippen molar-refractivity contribution < 1.29 is 4.74 Å². The fourth-order valence-electron chi connectivity index (χ4n) is 3.46. The molecule has 0 aromatic heterocycles. The molecule has 1 aliphatic heterocycles. The zero-order valence-electron chi connectivity index (χ0n) is 12.5. The maximum atomic E-state index is 5.46. The normalized spacial score (nSPS) is 42.4. The summed E-state index contributed by atoms with van der Waals surface area (Å²) in [5, 5.41) is 3.52. The van der Waals surface area contributed by atoms with Gasteiger partial charge in [0, 0.05) is 5.54 Å². The Kier molecular flexibility index (Phi) is 3.89. The molecular weight excluding hydrogens is 222 g/mol. The first-order valence-electron chi connectivity index (χ1n) is 7.44. The highest BCUT2D eigenvalue weighted by molar-refractivity contribution is 5.17. The second kappa shape index (κ2) is 4.97. The van der Waals surface area contributed by atoms with Crippen LogP contribution in [0.1, 0.15) is 52.9 Å². The van der Waals surface area contributed by atoms with E-state index in [0.29, 0.717) is 5.54 Å². The van der Waals surface area contributed by atoms with Crippen LogP contribution in [0, 0.1) is 11.8 Å². The highest BCUT2D eigenvalue weighted by Crippen LogP contribution is 2.50. The lowest BCUT2D eigenvalue weighted by molar-refractivity contribution is 0.0382. The van der Waals surface area contributed by atoms with Crippen molar-refractivity contribution in [2.24, 2.45) is 11.8 Å². The van der Waals surface area contributed by atoms with Crippen LogP contribution in [-0.2, 0) is 4.74 Å². The van der Waals surface area contributed by atoms with Crippen molar-refractivity contribution in [1.82, 2.24) is 5.32 Å². The van der Waals surface area contributed by atoms with Gasteiger partial charge in [0.05, 0.1) is 12.2 Å². The molecule has 2 aliphatic rings. The molecule has 2 nitrogen and oxygen atoms in total. The summed E-state index contributed by atoms with van der Waals surface area (Å²) in [5.41, 5.74) is 1.97. The summed E-state index contributed by atoms with van der Waals surface area (Å²) in [6.07, 6.45) is 6.13. The number of ether oxygens (including phenoxy) is 1. The van der Waals surface area contributed by atoms with E-state index < -0.39 is 0 Å². The molecular formula is C16H29NO. The van der Waals surface area contributed by atoms with Gasteiger partial charge in [0.25, 0.3) is 0 Å². The van der Waals surface area contributed by atoms with Gasteiger partial charge in [0.2, 0.25) is 0 Å². The van der Waals surface area contributed by atoms with Crippen molar-refractivity contribution in [1.29, 1.82) is 0 Å². The van der Waals surface area contributed by atoms with E-state index in [1.165, 1.54) is 24.8 Å². The molecule has 18 heavy (non-hydrogen) atoms. The zero-order chi connectivity index (χ0) is 13.4. The highest BCUT2D eigenvalue weighted by Gasteiger charge is 2.50. The summed E-state index contributed by atoms with van der Waals surface area (Å²) < 4.78 is 5.46. The number of allylic oxidation sites excluding steroid dienone is 1. The maximum Gasteiger partial charge on any atom is 0.0891 e.